The summed E-state index contributed by atoms with van der Waals surface area (Å²) in [5.41, 5.74) is 1.99. The average molecular weight is 316 g/mol. The van der Waals surface area contributed by atoms with E-state index in [1.54, 1.807) is 0 Å². The van der Waals surface area contributed by atoms with Crippen molar-refractivity contribution in [3.63, 3.8) is 0 Å². The van der Waals surface area contributed by atoms with Gasteiger partial charge in [0.1, 0.15) is 0 Å². The summed E-state index contributed by atoms with van der Waals surface area (Å²) in [6, 6.07) is 5.97. The molecule has 1 aliphatic heterocycles. The smallest absolute Gasteiger partial charge is 0.231 e. The number of ether oxygens (including phenoxy) is 2. The summed E-state index contributed by atoms with van der Waals surface area (Å²) in [5, 5.41) is 10.1. The van der Waals surface area contributed by atoms with Crippen molar-refractivity contribution in [2.24, 2.45) is 0 Å². The Labute approximate surface area is 139 Å². The number of hydrogen-bond donors (Lipinski definition) is 1. The van der Waals surface area contributed by atoms with Crippen LogP contribution in [0.2, 0.25) is 0 Å². The molecule has 3 nitrogen and oxygen atoms in total. The van der Waals surface area contributed by atoms with Gasteiger partial charge in [0.05, 0.1) is 5.60 Å². The first kappa shape index (κ1) is 17.6. The van der Waals surface area contributed by atoms with Crippen LogP contribution in [-0.2, 0) is 0 Å². The van der Waals surface area contributed by atoms with Crippen molar-refractivity contribution in [2.45, 2.75) is 58.5 Å². The van der Waals surface area contributed by atoms with Crippen LogP contribution in [0.1, 0.15) is 58.4 Å². The van der Waals surface area contributed by atoms with Gasteiger partial charge in [0.25, 0.3) is 0 Å². The van der Waals surface area contributed by atoms with E-state index >= 15 is 0 Å². The molecule has 0 spiro atoms. The number of allylic oxidation sites excluding steroid dienone is 3. The maximum absolute atomic E-state index is 10.1. The molecule has 0 radical (unpaired) electrons. The van der Waals surface area contributed by atoms with Crippen LogP contribution in [0.4, 0.5) is 0 Å². The van der Waals surface area contributed by atoms with Gasteiger partial charge in [-0.15, -0.1) is 0 Å². The van der Waals surface area contributed by atoms with Gasteiger partial charge in [0.2, 0.25) is 6.79 Å². The van der Waals surface area contributed by atoms with Gasteiger partial charge in [0, 0.05) is 0 Å². The molecule has 126 valence electrons. The summed E-state index contributed by atoms with van der Waals surface area (Å²) >= 11 is 0. The van der Waals surface area contributed by atoms with Gasteiger partial charge in [-0.3, -0.25) is 0 Å². The first-order valence-electron chi connectivity index (χ1n) is 8.52. The molecule has 0 saturated heterocycles. The summed E-state index contributed by atoms with van der Waals surface area (Å²) < 4.78 is 10.7. The fraction of sp³-hybridized carbons (Fsp3) is 0.500. The standard InChI is InChI=1S/C20H28O3/c1-4-16(10-7-13-20(3,21)5-2)8-6-9-17-11-12-18-19(14-17)23-15-22-18/h6,8-9,11-12,14,21H,4-5,7,10,13,15H2,1-3H3/b9-6+,16-8+. The molecule has 3 heteroatoms. The van der Waals surface area contributed by atoms with Crippen molar-refractivity contribution in [1.29, 1.82) is 0 Å². The highest BCUT2D eigenvalue weighted by Gasteiger charge is 2.16. The second-order valence-corrected chi connectivity index (χ2v) is 6.35. The van der Waals surface area contributed by atoms with Crippen LogP contribution in [-0.4, -0.2) is 17.5 Å². The van der Waals surface area contributed by atoms with Crippen molar-refractivity contribution in [3.05, 3.63) is 41.5 Å². The summed E-state index contributed by atoms with van der Waals surface area (Å²) in [4.78, 5) is 0. The lowest BCUT2D eigenvalue weighted by molar-refractivity contribution is 0.0450. The van der Waals surface area contributed by atoms with Crippen LogP contribution in [0.25, 0.3) is 6.08 Å². The minimum Gasteiger partial charge on any atom is -0.454 e. The Kier molecular flexibility index (Phi) is 6.28. The van der Waals surface area contributed by atoms with Crippen molar-refractivity contribution in [2.75, 3.05) is 6.79 Å². The Morgan fingerprint density at radius 3 is 2.78 bits per heavy atom. The molecular weight excluding hydrogens is 288 g/mol. The maximum Gasteiger partial charge on any atom is 0.231 e. The second kappa shape index (κ2) is 8.21. The zero-order valence-corrected chi connectivity index (χ0v) is 14.5. The Balaban J connectivity index is 1.88. The molecule has 0 aromatic heterocycles. The number of benzene rings is 1. The number of rotatable bonds is 8. The van der Waals surface area contributed by atoms with E-state index in [2.05, 4.69) is 25.2 Å². The minimum atomic E-state index is -0.527. The molecule has 1 N–H and O–H groups in total. The van der Waals surface area contributed by atoms with Crippen LogP contribution in [0, 0.1) is 0 Å². The lowest BCUT2D eigenvalue weighted by Crippen LogP contribution is -2.22. The first-order chi connectivity index (χ1) is 11.0. The van der Waals surface area contributed by atoms with E-state index in [-0.39, 0.29) is 0 Å². The number of fused-ring (bicyclic) bond motifs is 1. The third-order valence-corrected chi connectivity index (χ3v) is 4.45. The molecule has 1 unspecified atom stereocenters. The van der Waals surface area contributed by atoms with Gasteiger partial charge in [0.15, 0.2) is 11.5 Å². The fourth-order valence-electron chi connectivity index (χ4n) is 2.56. The lowest BCUT2D eigenvalue weighted by Gasteiger charge is -2.21. The predicted octanol–water partition coefficient (Wildman–Crippen LogP) is 5.10. The zero-order valence-electron chi connectivity index (χ0n) is 14.5. The summed E-state index contributed by atoms with van der Waals surface area (Å²) in [7, 11) is 0. The van der Waals surface area contributed by atoms with Crippen LogP contribution in [0.5, 0.6) is 11.5 Å². The third kappa shape index (κ3) is 5.43. The topological polar surface area (TPSA) is 38.7 Å². The van der Waals surface area contributed by atoms with Crippen LogP contribution < -0.4 is 9.47 Å². The second-order valence-electron chi connectivity index (χ2n) is 6.35. The van der Waals surface area contributed by atoms with Gasteiger partial charge in [-0.05, 0) is 56.7 Å². The highest BCUT2D eigenvalue weighted by atomic mass is 16.7. The Morgan fingerprint density at radius 2 is 2.04 bits per heavy atom. The van der Waals surface area contributed by atoms with Crippen molar-refractivity contribution in [1.82, 2.24) is 0 Å². The number of aliphatic hydroxyl groups is 1. The average Bonchev–Trinajstić information content (AvgIpc) is 3.01. The van der Waals surface area contributed by atoms with Gasteiger partial charge in [-0.25, -0.2) is 0 Å². The van der Waals surface area contributed by atoms with Crippen molar-refractivity contribution in [3.8, 4) is 11.5 Å². The van der Waals surface area contributed by atoms with E-state index < -0.39 is 5.60 Å². The van der Waals surface area contributed by atoms with E-state index in [4.69, 9.17) is 9.47 Å². The molecule has 1 aromatic carbocycles. The van der Waals surface area contributed by atoms with E-state index in [9.17, 15) is 5.11 Å². The van der Waals surface area contributed by atoms with Crippen LogP contribution >= 0.6 is 0 Å². The molecule has 1 heterocycles. The molecule has 1 atom stereocenters. The molecule has 0 saturated carbocycles. The van der Waals surface area contributed by atoms with E-state index in [1.807, 2.05) is 32.0 Å². The summed E-state index contributed by atoms with van der Waals surface area (Å²) in [5.74, 6) is 1.63. The highest BCUT2D eigenvalue weighted by molar-refractivity contribution is 5.57. The predicted molar refractivity (Wildman–Crippen MR) is 94.7 cm³/mol. The Morgan fingerprint density at radius 1 is 1.26 bits per heavy atom. The lowest BCUT2D eigenvalue weighted by atomic mass is 9.94. The maximum atomic E-state index is 10.1. The van der Waals surface area contributed by atoms with Crippen LogP contribution in [0.15, 0.2) is 35.9 Å². The first-order valence-corrected chi connectivity index (χ1v) is 8.52. The molecule has 0 fully saturated rings. The SMILES string of the molecule is CC/C(=C\C=C\c1ccc2c(c1)OCO2)CCCC(C)(O)CC. The Hall–Kier alpha value is -1.74. The largest absolute Gasteiger partial charge is 0.454 e. The summed E-state index contributed by atoms with van der Waals surface area (Å²) in [6.45, 7) is 6.44. The van der Waals surface area contributed by atoms with Crippen molar-refractivity contribution >= 4 is 6.08 Å². The number of hydrogen-bond acceptors (Lipinski definition) is 3. The molecule has 0 aliphatic carbocycles. The molecule has 1 aromatic rings. The van der Waals surface area contributed by atoms with E-state index in [0.717, 1.165) is 49.2 Å². The van der Waals surface area contributed by atoms with Gasteiger partial charge >= 0.3 is 0 Å². The third-order valence-electron chi connectivity index (χ3n) is 4.45. The van der Waals surface area contributed by atoms with Crippen LogP contribution in [0.3, 0.4) is 0 Å². The van der Waals surface area contributed by atoms with Gasteiger partial charge in [-0.1, -0.05) is 43.7 Å². The Bertz CT molecular complexity index is 570. The molecule has 1 aliphatic rings. The molecule has 0 amide bonds. The van der Waals surface area contributed by atoms with E-state index in [0.29, 0.717) is 6.79 Å². The highest BCUT2D eigenvalue weighted by Crippen LogP contribution is 2.32. The molecular formula is C20H28O3. The summed E-state index contributed by atoms with van der Waals surface area (Å²) in [6.07, 6.45) is 11.1. The van der Waals surface area contributed by atoms with Gasteiger partial charge in [-0.2, -0.15) is 0 Å². The molecule has 23 heavy (non-hydrogen) atoms. The normalized spacial score (nSPS) is 16.8. The fourth-order valence-corrected chi connectivity index (χ4v) is 2.56. The zero-order chi connectivity index (χ0) is 16.7. The van der Waals surface area contributed by atoms with Crippen molar-refractivity contribution < 1.29 is 14.6 Å². The molecule has 2 rings (SSSR count). The quantitative estimate of drug-likeness (QED) is 0.678. The molecule has 0 bridgehead atoms. The monoisotopic (exact) mass is 316 g/mol. The minimum absolute atomic E-state index is 0.309. The van der Waals surface area contributed by atoms with Gasteiger partial charge < -0.3 is 14.6 Å². The van der Waals surface area contributed by atoms with E-state index in [1.165, 1.54) is 5.57 Å².